The minimum Gasteiger partial charge on any atom is -0.364 e. The van der Waals surface area contributed by atoms with Crippen molar-refractivity contribution in [1.82, 2.24) is 9.78 Å². The van der Waals surface area contributed by atoms with Crippen LogP contribution in [0, 0.1) is 0 Å². The van der Waals surface area contributed by atoms with E-state index in [1.165, 1.54) is 0 Å². The van der Waals surface area contributed by atoms with Crippen molar-refractivity contribution in [1.29, 1.82) is 0 Å². The highest BCUT2D eigenvalue weighted by atomic mass is 79.9. The van der Waals surface area contributed by atoms with E-state index >= 15 is 0 Å². The molecule has 0 saturated carbocycles. The lowest BCUT2D eigenvalue weighted by molar-refractivity contribution is 0.0995. The topological polar surface area (TPSA) is 86.9 Å². The van der Waals surface area contributed by atoms with Crippen molar-refractivity contribution in [2.75, 3.05) is 0 Å². The van der Waals surface area contributed by atoms with Gasteiger partial charge in [-0.1, -0.05) is 22.0 Å². The van der Waals surface area contributed by atoms with Crippen LogP contribution in [0.25, 0.3) is 5.69 Å². The predicted octanol–water partition coefficient (Wildman–Crippen LogP) is 1.19. The standard InChI is InChI=1S/C11H11BrN4O/c12-9-5-8(2-1-7(9)6-13)16-4-3-10(15-16)11(14)17/h1-5H,6,13H2,(H2,14,17). The Hall–Kier alpha value is -1.66. The molecule has 2 aromatic rings. The first-order chi connectivity index (χ1) is 8.11. The Morgan fingerprint density at radius 3 is 2.71 bits per heavy atom. The zero-order chi connectivity index (χ0) is 12.4. The number of amides is 1. The van der Waals surface area contributed by atoms with Crippen LogP contribution in [0.15, 0.2) is 34.9 Å². The van der Waals surface area contributed by atoms with Crippen LogP contribution in [-0.4, -0.2) is 15.7 Å². The normalized spacial score (nSPS) is 10.5. The van der Waals surface area contributed by atoms with Crippen LogP contribution < -0.4 is 11.5 Å². The molecule has 0 saturated heterocycles. The Labute approximate surface area is 107 Å². The Morgan fingerprint density at radius 2 is 2.18 bits per heavy atom. The number of benzene rings is 1. The van der Waals surface area contributed by atoms with Gasteiger partial charge in [-0.15, -0.1) is 0 Å². The summed E-state index contributed by atoms with van der Waals surface area (Å²) < 4.78 is 2.50. The van der Waals surface area contributed by atoms with Gasteiger partial charge in [0.05, 0.1) is 5.69 Å². The second-order valence-corrected chi connectivity index (χ2v) is 4.34. The van der Waals surface area contributed by atoms with E-state index in [9.17, 15) is 4.79 Å². The van der Waals surface area contributed by atoms with E-state index in [1.54, 1.807) is 16.9 Å². The van der Waals surface area contributed by atoms with Gasteiger partial charge in [-0.2, -0.15) is 5.10 Å². The van der Waals surface area contributed by atoms with Gasteiger partial charge in [-0.05, 0) is 23.8 Å². The third-order valence-electron chi connectivity index (χ3n) is 2.36. The van der Waals surface area contributed by atoms with Crippen LogP contribution in [-0.2, 0) is 6.54 Å². The molecule has 0 fully saturated rings. The smallest absolute Gasteiger partial charge is 0.269 e. The molecular formula is C11H11BrN4O. The second kappa shape index (κ2) is 4.68. The van der Waals surface area contributed by atoms with Crippen LogP contribution in [0.5, 0.6) is 0 Å². The van der Waals surface area contributed by atoms with E-state index in [2.05, 4.69) is 21.0 Å². The number of primary amides is 1. The molecule has 1 aromatic carbocycles. The maximum Gasteiger partial charge on any atom is 0.269 e. The fourth-order valence-electron chi connectivity index (χ4n) is 1.44. The molecule has 1 heterocycles. The minimum absolute atomic E-state index is 0.240. The summed E-state index contributed by atoms with van der Waals surface area (Å²) in [6, 6.07) is 7.25. The van der Waals surface area contributed by atoms with Crippen molar-refractivity contribution in [2.45, 2.75) is 6.54 Å². The summed E-state index contributed by atoms with van der Waals surface area (Å²) in [5.41, 5.74) is 12.8. The highest BCUT2D eigenvalue weighted by Crippen LogP contribution is 2.20. The van der Waals surface area contributed by atoms with Crippen LogP contribution in [0.3, 0.4) is 0 Å². The fourth-order valence-corrected chi connectivity index (χ4v) is 1.97. The van der Waals surface area contributed by atoms with Crippen molar-refractivity contribution in [3.8, 4) is 5.69 Å². The number of hydrogen-bond acceptors (Lipinski definition) is 3. The van der Waals surface area contributed by atoms with Crippen molar-refractivity contribution >= 4 is 21.8 Å². The quantitative estimate of drug-likeness (QED) is 0.891. The van der Waals surface area contributed by atoms with Crippen molar-refractivity contribution in [3.63, 3.8) is 0 Å². The summed E-state index contributed by atoms with van der Waals surface area (Å²) >= 11 is 3.43. The molecule has 1 aromatic heterocycles. The number of rotatable bonds is 3. The van der Waals surface area contributed by atoms with Gasteiger partial charge in [0, 0.05) is 17.2 Å². The van der Waals surface area contributed by atoms with Crippen LogP contribution >= 0.6 is 15.9 Å². The SMILES string of the molecule is NCc1ccc(-n2ccc(C(N)=O)n2)cc1Br. The Morgan fingerprint density at radius 1 is 1.41 bits per heavy atom. The molecule has 1 amide bonds. The van der Waals surface area contributed by atoms with Gasteiger partial charge < -0.3 is 11.5 Å². The first kappa shape index (κ1) is 11.8. The van der Waals surface area contributed by atoms with E-state index in [1.807, 2.05) is 18.2 Å². The number of nitrogens with zero attached hydrogens (tertiary/aromatic N) is 2. The summed E-state index contributed by atoms with van der Waals surface area (Å²) in [7, 11) is 0. The molecule has 88 valence electrons. The molecule has 0 aliphatic heterocycles. The summed E-state index contributed by atoms with van der Waals surface area (Å²) in [5.74, 6) is -0.540. The molecule has 0 aliphatic rings. The minimum atomic E-state index is -0.540. The summed E-state index contributed by atoms with van der Waals surface area (Å²) in [4.78, 5) is 10.9. The number of hydrogen-bond donors (Lipinski definition) is 2. The first-order valence-corrected chi connectivity index (χ1v) is 5.75. The molecule has 2 rings (SSSR count). The van der Waals surface area contributed by atoms with Crippen LogP contribution in [0.4, 0.5) is 0 Å². The van der Waals surface area contributed by atoms with Gasteiger partial charge in [-0.25, -0.2) is 4.68 Å². The van der Waals surface area contributed by atoms with E-state index < -0.39 is 5.91 Å². The molecule has 6 heteroatoms. The Balaban J connectivity index is 2.39. The molecule has 0 spiro atoms. The number of aromatic nitrogens is 2. The second-order valence-electron chi connectivity index (χ2n) is 3.49. The molecule has 0 atom stereocenters. The molecule has 0 unspecified atom stereocenters. The third kappa shape index (κ3) is 2.37. The summed E-state index contributed by atoms with van der Waals surface area (Å²) in [6.45, 7) is 0.465. The summed E-state index contributed by atoms with van der Waals surface area (Å²) in [5, 5.41) is 4.07. The zero-order valence-electron chi connectivity index (χ0n) is 8.93. The van der Waals surface area contributed by atoms with E-state index in [4.69, 9.17) is 11.5 Å². The van der Waals surface area contributed by atoms with Crippen molar-refractivity contribution in [2.24, 2.45) is 11.5 Å². The van der Waals surface area contributed by atoms with Gasteiger partial charge in [0.25, 0.3) is 5.91 Å². The van der Waals surface area contributed by atoms with E-state index in [-0.39, 0.29) is 5.69 Å². The van der Waals surface area contributed by atoms with Crippen molar-refractivity contribution < 1.29 is 4.79 Å². The summed E-state index contributed by atoms with van der Waals surface area (Å²) in [6.07, 6.45) is 1.68. The lowest BCUT2D eigenvalue weighted by Gasteiger charge is -2.05. The first-order valence-electron chi connectivity index (χ1n) is 4.96. The maximum atomic E-state index is 10.9. The number of halogens is 1. The lowest BCUT2D eigenvalue weighted by Crippen LogP contribution is -2.12. The number of carbonyl (C=O) groups is 1. The van der Waals surface area contributed by atoms with Crippen LogP contribution in [0.2, 0.25) is 0 Å². The monoisotopic (exact) mass is 294 g/mol. The number of nitrogens with two attached hydrogens (primary N) is 2. The van der Waals surface area contributed by atoms with Gasteiger partial charge in [-0.3, -0.25) is 4.79 Å². The van der Waals surface area contributed by atoms with Crippen LogP contribution in [0.1, 0.15) is 16.1 Å². The molecular weight excluding hydrogens is 284 g/mol. The highest BCUT2D eigenvalue weighted by Gasteiger charge is 2.07. The highest BCUT2D eigenvalue weighted by molar-refractivity contribution is 9.10. The predicted molar refractivity (Wildman–Crippen MR) is 67.7 cm³/mol. The third-order valence-corrected chi connectivity index (χ3v) is 3.10. The Kier molecular flexibility index (Phi) is 3.26. The van der Waals surface area contributed by atoms with Crippen molar-refractivity contribution in [3.05, 3.63) is 46.2 Å². The molecule has 0 radical (unpaired) electrons. The maximum absolute atomic E-state index is 10.9. The van der Waals surface area contributed by atoms with E-state index in [0.717, 1.165) is 15.7 Å². The number of carbonyl (C=O) groups excluding carboxylic acids is 1. The molecule has 0 bridgehead atoms. The van der Waals surface area contributed by atoms with E-state index in [0.29, 0.717) is 6.54 Å². The average molecular weight is 295 g/mol. The lowest BCUT2D eigenvalue weighted by atomic mass is 10.2. The molecule has 5 nitrogen and oxygen atoms in total. The molecule has 0 aliphatic carbocycles. The average Bonchev–Trinajstić information content (AvgIpc) is 2.78. The fraction of sp³-hybridized carbons (Fsp3) is 0.0909. The van der Waals surface area contributed by atoms with Gasteiger partial charge in [0.15, 0.2) is 0 Å². The van der Waals surface area contributed by atoms with Gasteiger partial charge >= 0.3 is 0 Å². The van der Waals surface area contributed by atoms with Gasteiger partial charge in [0.1, 0.15) is 5.69 Å². The van der Waals surface area contributed by atoms with Gasteiger partial charge in [0.2, 0.25) is 0 Å². The molecule has 17 heavy (non-hydrogen) atoms. The zero-order valence-corrected chi connectivity index (χ0v) is 10.5. The largest absolute Gasteiger partial charge is 0.364 e. The molecule has 4 N–H and O–H groups in total. The Bertz CT molecular complexity index is 564.